The van der Waals surface area contributed by atoms with Gasteiger partial charge in [0, 0.05) is 35.1 Å². The van der Waals surface area contributed by atoms with Crippen molar-refractivity contribution < 1.29 is 4.79 Å². The minimum absolute atomic E-state index is 0.115. The highest BCUT2D eigenvalue weighted by molar-refractivity contribution is 5.82. The standard InChI is InChI=1S/C17H19N3O2/c1-3-8-19-17(22)12(10-18)9-14-11(2)20-15-7-5-4-6-13(15)16(14)21/h4-7,12H,3,8-9H2,1-2H3,(H,19,22)(H,20,21)/t12-/m0/s1. The zero-order chi connectivity index (χ0) is 16.1. The zero-order valence-corrected chi connectivity index (χ0v) is 12.8. The number of amides is 1. The molecule has 1 heterocycles. The summed E-state index contributed by atoms with van der Waals surface area (Å²) in [5.41, 5.74) is 1.84. The van der Waals surface area contributed by atoms with Gasteiger partial charge in [-0.05, 0) is 25.5 Å². The fourth-order valence-electron chi connectivity index (χ4n) is 2.42. The van der Waals surface area contributed by atoms with Crippen LogP contribution in [0.25, 0.3) is 10.9 Å². The van der Waals surface area contributed by atoms with Crippen molar-refractivity contribution in [1.82, 2.24) is 10.3 Å². The first-order valence-electron chi connectivity index (χ1n) is 7.36. The predicted molar refractivity (Wildman–Crippen MR) is 85.4 cm³/mol. The SMILES string of the molecule is CCCNC(=O)[C@H](C#N)Cc1c(C)[nH]c2ccccc2c1=O. The molecular formula is C17H19N3O2. The molecule has 5 heteroatoms. The summed E-state index contributed by atoms with van der Waals surface area (Å²) in [6, 6.07) is 9.23. The van der Waals surface area contributed by atoms with Crippen molar-refractivity contribution >= 4 is 16.8 Å². The minimum atomic E-state index is -0.854. The number of fused-ring (bicyclic) bond motifs is 1. The van der Waals surface area contributed by atoms with E-state index in [0.717, 1.165) is 11.9 Å². The van der Waals surface area contributed by atoms with Gasteiger partial charge in [0.25, 0.3) is 0 Å². The van der Waals surface area contributed by atoms with E-state index in [4.69, 9.17) is 0 Å². The van der Waals surface area contributed by atoms with Gasteiger partial charge in [0.05, 0.1) is 6.07 Å². The van der Waals surface area contributed by atoms with Crippen LogP contribution in [0, 0.1) is 24.2 Å². The van der Waals surface area contributed by atoms with Crippen LogP contribution >= 0.6 is 0 Å². The lowest BCUT2D eigenvalue weighted by Gasteiger charge is -2.12. The third-order valence-corrected chi connectivity index (χ3v) is 3.65. The van der Waals surface area contributed by atoms with Crippen LogP contribution in [0.4, 0.5) is 0 Å². The van der Waals surface area contributed by atoms with Crippen molar-refractivity contribution in [2.24, 2.45) is 5.92 Å². The Morgan fingerprint density at radius 1 is 1.41 bits per heavy atom. The van der Waals surface area contributed by atoms with Gasteiger partial charge in [-0.2, -0.15) is 5.26 Å². The van der Waals surface area contributed by atoms with Gasteiger partial charge in [0.15, 0.2) is 5.43 Å². The first kappa shape index (κ1) is 15.8. The van der Waals surface area contributed by atoms with Crippen LogP contribution < -0.4 is 10.7 Å². The number of benzene rings is 1. The number of hydrogen-bond donors (Lipinski definition) is 2. The van der Waals surface area contributed by atoms with E-state index in [1.54, 1.807) is 19.1 Å². The molecule has 2 aromatic rings. The first-order chi connectivity index (χ1) is 10.6. The Morgan fingerprint density at radius 2 is 2.14 bits per heavy atom. The molecule has 0 aliphatic heterocycles. The van der Waals surface area contributed by atoms with Gasteiger partial charge in [0.2, 0.25) is 5.91 Å². The average Bonchev–Trinajstić information content (AvgIpc) is 2.52. The van der Waals surface area contributed by atoms with Crippen molar-refractivity contribution in [3.63, 3.8) is 0 Å². The maximum atomic E-state index is 12.6. The fourth-order valence-corrected chi connectivity index (χ4v) is 2.42. The Kier molecular flexibility index (Phi) is 4.95. The largest absolute Gasteiger partial charge is 0.358 e. The number of aromatic nitrogens is 1. The lowest BCUT2D eigenvalue weighted by atomic mass is 9.97. The number of nitrogens with zero attached hydrogens (tertiary/aromatic N) is 1. The van der Waals surface area contributed by atoms with Crippen LogP contribution in [0.5, 0.6) is 0 Å². The summed E-state index contributed by atoms with van der Waals surface area (Å²) >= 11 is 0. The third-order valence-electron chi connectivity index (χ3n) is 3.65. The summed E-state index contributed by atoms with van der Waals surface area (Å²) in [6.45, 7) is 4.27. The highest BCUT2D eigenvalue weighted by Crippen LogP contribution is 2.14. The summed E-state index contributed by atoms with van der Waals surface area (Å²) in [7, 11) is 0. The van der Waals surface area contributed by atoms with Crippen molar-refractivity contribution in [2.45, 2.75) is 26.7 Å². The molecule has 5 nitrogen and oxygen atoms in total. The predicted octanol–water partition coefficient (Wildman–Crippen LogP) is 2.04. The molecule has 2 N–H and O–H groups in total. The molecule has 0 unspecified atom stereocenters. The molecule has 22 heavy (non-hydrogen) atoms. The summed E-state index contributed by atoms with van der Waals surface area (Å²) in [4.78, 5) is 27.7. The van der Waals surface area contributed by atoms with Crippen molar-refractivity contribution in [2.75, 3.05) is 6.54 Å². The second kappa shape index (κ2) is 6.90. The van der Waals surface area contributed by atoms with Crippen LogP contribution in [0.1, 0.15) is 24.6 Å². The van der Waals surface area contributed by atoms with E-state index in [1.807, 2.05) is 25.1 Å². The van der Waals surface area contributed by atoms with Gasteiger partial charge in [-0.1, -0.05) is 19.1 Å². The maximum Gasteiger partial charge on any atom is 0.237 e. The van der Waals surface area contributed by atoms with E-state index in [-0.39, 0.29) is 17.8 Å². The Balaban J connectivity index is 2.36. The number of aromatic amines is 1. The summed E-state index contributed by atoms with van der Waals surface area (Å²) in [6.07, 6.45) is 0.928. The number of nitriles is 1. The highest BCUT2D eigenvalue weighted by atomic mass is 16.1. The molecule has 1 atom stereocenters. The number of rotatable bonds is 5. The van der Waals surface area contributed by atoms with Crippen LogP contribution in [-0.4, -0.2) is 17.4 Å². The van der Waals surface area contributed by atoms with Crippen molar-refractivity contribution in [1.29, 1.82) is 5.26 Å². The number of nitrogens with one attached hydrogen (secondary N) is 2. The van der Waals surface area contributed by atoms with Crippen molar-refractivity contribution in [3.05, 3.63) is 45.7 Å². The Bertz CT molecular complexity index is 787. The molecule has 0 radical (unpaired) electrons. The van der Waals surface area contributed by atoms with Gasteiger partial charge in [-0.15, -0.1) is 0 Å². The van der Waals surface area contributed by atoms with E-state index in [0.29, 0.717) is 23.2 Å². The zero-order valence-electron chi connectivity index (χ0n) is 12.8. The molecular weight excluding hydrogens is 278 g/mol. The van der Waals surface area contributed by atoms with Crippen molar-refractivity contribution in [3.8, 4) is 6.07 Å². The Labute approximate surface area is 129 Å². The number of carbonyl (C=O) groups excluding carboxylic acids is 1. The van der Waals surface area contributed by atoms with Crippen LogP contribution in [0.15, 0.2) is 29.1 Å². The van der Waals surface area contributed by atoms with E-state index >= 15 is 0 Å². The molecule has 1 amide bonds. The third kappa shape index (κ3) is 3.17. The molecule has 0 fully saturated rings. The van der Waals surface area contributed by atoms with Gasteiger partial charge in [-0.3, -0.25) is 9.59 Å². The molecule has 0 bridgehead atoms. The molecule has 0 aliphatic rings. The summed E-state index contributed by atoms with van der Waals surface area (Å²) < 4.78 is 0. The van der Waals surface area contributed by atoms with Gasteiger partial charge in [-0.25, -0.2) is 0 Å². The Hall–Kier alpha value is -2.61. The second-order valence-corrected chi connectivity index (χ2v) is 5.28. The molecule has 114 valence electrons. The normalized spacial score (nSPS) is 11.9. The number of pyridine rings is 1. The minimum Gasteiger partial charge on any atom is -0.358 e. The van der Waals surface area contributed by atoms with Gasteiger partial charge in [0.1, 0.15) is 5.92 Å². The topological polar surface area (TPSA) is 85.8 Å². The quantitative estimate of drug-likeness (QED) is 0.885. The lowest BCUT2D eigenvalue weighted by molar-refractivity contribution is -0.123. The van der Waals surface area contributed by atoms with Crippen LogP contribution in [0.3, 0.4) is 0 Å². The fraction of sp³-hybridized carbons (Fsp3) is 0.353. The smallest absolute Gasteiger partial charge is 0.237 e. The Morgan fingerprint density at radius 3 is 2.82 bits per heavy atom. The first-order valence-corrected chi connectivity index (χ1v) is 7.36. The second-order valence-electron chi connectivity index (χ2n) is 5.28. The molecule has 0 spiro atoms. The van der Waals surface area contributed by atoms with E-state index < -0.39 is 5.92 Å². The van der Waals surface area contributed by atoms with Crippen LogP contribution in [-0.2, 0) is 11.2 Å². The van der Waals surface area contributed by atoms with Gasteiger partial charge >= 0.3 is 0 Å². The molecule has 0 aliphatic carbocycles. The number of aryl methyl sites for hydroxylation is 1. The number of para-hydroxylation sites is 1. The lowest BCUT2D eigenvalue weighted by Crippen LogP contribution is -2.33. The summed E-state index contributed by atoms with van der Waals surface area (Å²) in [5, 5.41) is 12.5. The van der Waals surface area contributed by atoms with E-state index in [1.165, 1.54) is 0 Å². The van der Waals surface area contributed by atoms with E-state index in [9.17, 15) is 14.9 Å². The van der Waals surface area contributed by atoms with E-state index in [2.05, 4.69) is 10.3 Å². The monoisotopic (exact) mass is 297 g/mol. The van der Waals surface area contributed by atoms with Crippen LogP contribution in [0.2, 0.25) is 0 Å². The number of H-pyrrole nitrogens is 1. The number of carbonyl (C=O) groups is 1. The van der Waals surface area contributed by atoms with Gasteiger partial charge < -0.3 is 10.3 Å². The molecule has 2 rings (SSSR count). The molecule has 1 aromatic heterocycles. The average molecular weight is 297 g/mol. The summed E-state index contributed by atoms with van der Waals surface area (Å²) in [5.74, 6) is -1.18. The molecule has 1 aromatic carbocycles. The number of hydrogen-bond acceptors (Lipinski definition) is 3. The highest BCUT2D eigenvalue weighted by Gasteiger charge is 2.21. The maximum absolute atomic E-state index is 12.6. The molecule has 0 saturated heterocycles. The molecule has 0 saturated carbocycles.